The average molecular weight is 296 g/mol. The van der Waals surface area contributed by atoms with E-state index < -0.39 is 0 Å². The standard InChI is InChI=1S/C11H13BrCl2/c1-7(2)5-8-3-4-10(12)11(14)9(8)6-13/h3-4,7H,5-6H2,1-2H3. The number of hydrogen-bond acceptors (Lipinski definition) is 0. The van der Waals surface area contributed by atoms with Crippen LogP contribution < -0.4 is 0 Å². The van der Waals surface area contributed by atoms with Gasteiger partial charge in [0.25, 0.3) is 0 Å². The molecule has 0 amide bonds. The second-order valence-corrected chi connectivity index (χ2v) is 5.23. The van der Waals surface area contributed by atoms with Gasteiger partial charge in [-0.3, -0.25) is 0 Å². The fourth-order valence-corrected chi connectivity index (χ4v) is 2.40. The molecule has 0 saturated carbocycles. The number of benzene rings is 1. The molecule has 0 aliphatic heterocycles. The average Bonchev–Trinajstić information content (AvgIpc) is 2.11. The van der Waals surface area contributed by atoms with Gasteiger partial charge in [-0.1, -0.05) is 31.5 Å². The van der Waals surface area contributed by atoms with E-state index >= 15 is 0 Å². The molecule has 1 rings (SSSR count). The highest BCUT2D eigenvalue weighted by Gasteiger charge is 2.10. The van der Waals surface area contributed by atoms with Crippen LogP contribution in [0.25, 0.3) is 0 Å². The fourth-order valence-electron chi connectivity index (χ4n) is 1.41. The first-order chi connectivity index (χ1) is 6.56. The summed E-state index contributed by atoms with van der Waals surface area (Å²) in [5.74, 6) is 1.09. The molecule has 3 heteroatoms. The first kappa shape index (κ1) is 12.4. The van der Waals surface area contributed by atoms with Crippen molar-refractivity contribution in [2.24, 2.45) is 5.92 Å². The molecule has 0 radical (unpaired) electrons. The van der Waals surface area contributed by atoms with Gasteiger partial charge in [-0.05, 0) is 45.5 Å². The Bertz CT molecular complexity index is 321. The minimum Gasteiger partial charge on any atom is -0.121 e. The van der Waals surface area contributed by atoms with Crippen LogP contribution in [0.1, 0.15) is 25.0 Å². The van der Waals surface area contributed by atoms with Crippen molar-refractivity contribution < 1.29 is 0 Å². The fraction of sp³-hybridized carbons (Fsp3) is 0.455. The van der Waals surface area contributed by atoms with Crippen LogP contribution >= 0.6 is 39.1 Å². The Hall–Kier alpha value is 0.280. The molecule has 0 aromatic heterocycles. The van der Waals surface area contributed by atoms with E-state index in [-0.39, 0.29) is 0 Å². The summed E-state index contributed by atoms with van der Waals surface area (Å²) in [5.41, 5.74) is 2.31. The molecule has 0 fully saturated rings. The van der Waals surface area contributed by atoms with Crippen molar-refractivity contribution >= 4 is 39.1 Å². The van der Waals surface area contributed by atoms with E-state index in [4.69, 9.17) is 23.2 Å². The number of alkyl halides is 1. The maximum Gasteiger partial charge on any atom is 0.0594 e. The van der Waals surface area contributed by atoms with E-state index in [0.717, 1.165) is 21.5 Å². The van der Waals surface area contributed by atoms with E-state index in [1.165, 1.54) is 5.56 Å². The van der Waals surface area contributed by atoms with Gasteiger partial charge in [-0.25, -0.2) is 0 Å². The zero-order valence-corrected chi connectivity index (χ0v) is 11.4. The monoisotopic (exact) mass is 294 g/mol. The van der Waals surface area contributed by atoms with E-state index in [1.807, 2.05) is 6.07 Å². The number of halogens is 3. The summed E-state index contributed by atoms with van der Waals surface area (Å²) in [7, 11) is 0. The minimum absolute atomic E-state index is 0.473. The predicted molar refractivity (Wildman–Crippen MR) is 67.3 cm³/mol. The normalized spacial score (nSPS) is 11.0. The molecule has 78 valence electrons. The lowest BCUT2D eigenvalue weighted by atomic mass is 9.99. The Morgan fingerprint density at radius 1 is 1.36 bits per heavy atom. The van der Waals surface area contributed by atoms with Crippen LogP contribution in [0.4, 0.5) is 0 Å². The van der Waals surface area contributed by atoms with Crippen LogP contribution in [-0.2, 0) is 12.3 Å². The highest BCUT2D eigenvalue weighted by Crippen LogP contribution is 2.31. The van der Waals surface area contributed by atoms with E-state index in [9.17, 15) is 0 Å². The van der Waals surface area contributed by atoms with Gasteiger partial charge >= 0.3 is 0 Å². The Kier molecular flexibility index (Phi) is 4.75. The van der Waals surface area contributed by atoms with E-state index in [1.54, 1.807) is 0 Å². The molecule has 0 bridgehead atoms. The Morgan fingerprint density at radius 3 is 2.50 bits per heavy atom. The maximum absolute atomic E-state index is 6.15. The van der Waals surface area contributed by atoms with Crippen molar-refractivity contribution in [1.82, 2.24) is 0 Å². The van der Waals surface area contributed by atoms with Crippen LogP contribution in [0.5, 0.6) is 0 Å². The largest absolute Gasteiger partial charge is 0.121 e. The van der Waals surface area contributed by atoms with Gasteiger partial charge in [0.05, 0.1) is 5.02 Å². The molecule has 0 nitrogen and oxygen atoms in total. The summed E-state index contributed by atoms with van der Waals surface area (Å²) in [6.45, 7) is 4.38. The van der Waals surface area contributed by atoms with Crippen LogP contribution in [0, 0.1) is 5.92 Å². The van der Waals surface area contributed by atoms with Gasteiger partial charge in [0, 0.05) is 10.4 Å². The molecular weight excluding hydrogens is 283 g/mol. The second kappa shape index (κ2) is 5.39. The van der Waals surface area contributed by atoms with Crippen molar-refractivity contribution in [2.75, 3.05) is 0 Å². The second-order valence-electron chi connectivity index (χ2n) is 3.73. The molecule has 14 heavy (non-hydrogen) atoms. The minimum atomic E-state index is 0.473. The Balaban J connectivity index is 3.10. The van der Waals surface area contributed by atoms with Crippen molar-refractivity contribution in [1.29, 1.82) is 0 Å². The molecule has 0 atom stereocenters. The van der Waals surface area contributed by atoms with E-state index in [0.29, 0.717) is 11.8 Å². The summed E-state index contributed by atoms with van der Waals surface area (Å²) in [5, 5.41) is 0.748. The molecule has 0 heterocycles. The van der Waals surface area contributed by atoms with Crippen molar-refractivity contribution in [2.45, 2.75) is 26.1 Å². The third-order valence-electron chi connectivity index (χ3n) is 2.05. The van der Waals surface area contributed by atoms with Gasteiger partial charge < -0.3 is 0 Å². The lowest BCUT2D eigenvalue weighted by Crippen LogP contribution is -1.99. The SMILES string of the molecule is CC(C)Cc1ccc(Br)c(Cl)c1CCl. The van der Waals surface area contributed by atoms with Gasteiger partial charge in [0.2, 0.25) is 0 Å². The van der Waals surface area contributed by atoms with Gasteiger partial charge in [-0.2, -0.15) is 0 Å². The highest BCUT2D eigenvalue weighted by atomic mass is 79.9. The van der Waals surface area contributed by atoms with Crippen molar-refractivity contribution in [3.63, 3.8) is 0 Å². The van der Waals surface area contributed by atoms with Crippen molar-refractivity contribution in [3.05, 3.63) is 32.8 Å². The summed E-state index contributed by atoms with van der Waals surface area (Å²) in [6, 6.07) is 4.07. The summed E-state index contributed by atoms with van der Waals surface area (Å²) in [6.07, 6.45) is 1.02. The number of hydrogen-bond donors (Lipinski definition) is 0. The molecule has 0 saturated heterocycles. The molecule has 1 aromatic rings. The molecule has 0 aliphatic rings. The lowest BCUT2D eigenvalue weighted by Gasteiger charge is -2.12. The first-order valence-corrected chi connectivity index (χ1v) is 6.28. The van der Waals surface area contributed by atoms with Gasteiger partial charge in [0.1, 0.15) is 0 Å². The van der Waals surface area contributed by atoms with Gasteiger partial charge in [0.15, 0.2) is 0 Å². The Labute approximate surface area is 104 Å². The molecular formula is C11H13BrCl2. The lowest BCUT2D eigenvalue weighted by molar-refractivity contribution is 0.644. The van der Waals surface area contributed by atoms with E-state index in [2.05, 4.69) is 35.8 Å². The van der Waals surface area contributed by atoms with Crippen molar-refractivity contribution in [3.8, 4) is 0 Å². The van der Waals surface area contributed by atoms with Crippen LogP contribution in [0.15, 0.2) is 16.6 Å². The van der Waals surface area contributed by atoms with Gasteiger partial charge in [-0.15, -0.1) is 11.6 Å². The zero-order valence-electron chi connectivity index (χ0n) is 8.28. The molecule has 0 spiro atoms. The molecule has 0 unspecified atom stereocenters. The Morgan fingerprint density at radius 2 is 2.00 bits per heavy atom. The molecule has 0 N–H and O–H groups in total. The maximum atomic E-state index is 6.15. The van der Waals surface area contributed by atoms with Crippen LogP contribution in [0.2, 0.25) is 5.02 Å². The van der Waals surface area contributed by atoms with Crippen LogP contribution in [-0.4, -0.2) is 0 Å². The predicted octanol–water partition coefficient (Wildman–Crippen LogP) is 5.04. The topological polar surface area (TPSA) is 0 Å². The molecule has 1 aromatic carbocycles. The van der Waals surface area contributed by atoms with Crippen LogP contribution in [0.3, 0.4) is 0 Å². The summed E-state index contributed by atoms with van der Waals surface area (Å²) < 4.78 is 0.919. The quantitative estimate of drug-likeness (QED) is 0.685. The first-order valence-electron chi connectivity index (χ1n) is 4.58. The molecule has 0 aliphatic carbocycles. The zero-order chi connectivity index (χ0) is 10.7. The smallest absolute Gasteiger partial charge is 0.0594 e. The summed E-state index contributed by atoms with van der Waals surface area (Å²) >= 11 is 15.4. The highest BCUT2D eigenvalue weighted by molar-refractivity contribution is 9.10. The third-order valence-corrected chi connectivity index (χ3v) is 3.64. The number of rotatable bonds is 3. The summed E-state index contributed by atoms with van der Waals surface area (Å²) in [4.78, 5) is 0. The third kappa shape index (κ3) is 2.88.